The maximum absolute atomic E-state index is 9.51. The van der Waals surface area contributed by atoms with Gasteiger partial charge in [-0.1, -0.05) is 28.9 Å². The Kier molecular flexibility index (Phi) is 3.60. The first-order valence-corrected chi connectivity index (χ1v) is 5.35. The smallest absolute Gasteiger partial charge is 0.122 e. The molecule has 1 aromatic carbocycles. The van der Waals surface area contributed by atoms with Gasteiger partial charge in [0.1, 0.15) is 11.5 Å². The first kappa shape index (κ1) is 10.4. The van der Waals surface area contributed by atoms with Gasteiger partial charge in [-0.2, -0.15) is 0 Å². The molecule has 72 valence electrons. The van der Waals surface area contributed by atoms with Crippen LogP contribution in [-0.2, 0) is 0 Å². The fourth-order valence-corrected chi connectivity index (χ4v) is 1.95. The number of alkyl halides is 1. The first-order valence-electron chi connectivity index (χ1n) is 4.23. The molecule has 0 saturated heterocycles. The Bertz CT molecular complexity index is 286. The van der Waals surface area contributed by atoms with E-state index < -0.39 is 0 Å². The zero-order valence-electron chi connectivity index (χ0n) is 7.50. The van der Waals surface area contributed by atoms with Crippen molar-refractivity contribution in [1.29, 1.82) is 0 Å². The molecule has 1 atom stereocenters. The molecule has 3 heteroatoms. The van der Waals surface area contributed by atoms with Crippen molar-refractivity contribution in [1.82, 2.24) is 0 Å². The van der Waals surface area contributed by atoms with E-state index in [1.807, 2.05) is 6.92 Å². The van der Waals surface area contributed by atoms with Gasteiger partial charge in [0.05, 0.1) is 0 Å². The molecule has 2 nitrogen and oxygen atoms in total. The van der Waals surface area contributed by atoms with Crippen LogP contribution in [0, 0.1) is 0 Å². The summed E-state index contributed by atoms with van der Waals surface area (Å²) in [7, 11) is 0. The predicted octanol–water partition coefficient (Wildman–Crippen LogP) is 2.99. The number of aromatic hydroxyl groups is 2. The van der Waals surface area contributed by atoms with E-state index in [-0.39, 0.29) is 11.5 Å². The third-order valence-corrected chi connectivity index (χ3v) is 2.54. The third-order valence-electron chi connectivity index (χ3n) is 2.09. The fraction of sp³-hybridized carbons (Fsp3) is 0.400. The fourth-order valence-electron chi connectivity index (χ4n) is 1.27. The van der Waals surface area contributed by atoms with Crippen LogP contribution in [-0.4, -0.2) is 15.5 Å². The summed E-state index contributed by atoms with van der Waals surface area (Å²) in [5.41, 5.74) is 0.886. The monoisotopic (exact) mass is 244 g/mol. The Morgan fingerprint density at radius 3 is 2.62 bits per heavy atom. The first-order chi connectivity index (χ1) is 6.15. The molecule has 0 spiro atoms. The average molecular weight is 245 g/mol. The van der Waals surface area contributed by atoms with Crippen molar-refractivity contribution in [2.75, 3.05) is 5.33 Å². The molecular formula is C10H13BrO2. The van der Waals surface area contributed by atoms with Crippen LogP contribution >= 0.6 is 15.9 Å². The van der Waals surface area contributed by atoms with E-state index in [0.29, 0.717) is 5.92 Å². The van der Waals surface area contributed by atoms with Crippen molar-refractivity contribution in [3.8, 4) is 11.5 Å². The van der Waals surface area contributed by atoms with E-state index in [4.69, 9.17) is 5.11 Å². The molecular weight excluding hydrogens is 232 g/mol. The van der Waals surface area contributed by atoms with Gasteiger partial charge in [-0.15, -0.1) is 0 Å². The van der Waals surface area contributed by atoms with E-state index in [0.717, 1.165) is 17.3 Å². The van der Waals surface area contributed by atoms with E-state index in [2.05, 4.69) is 15.9 Å². The standard InChI is InChI=1S/C10H13BrO2/c1-7(4-5-11)9-3-2-8(12)6-10(9)13/h2-3,6-7,12-13H,4-5H2,1H3. The minimum absolute atomic E-state index is 0.104. The van der Waals surface area contributed by atoms with Crippen molar-refractivity contribution < 1.29 is 10.2 Å². The zero-order valence-corrected chi connectivity index (χ0v) is 9.08. The van der Waals surface area contributed by atoms with Crippen LogP contribution in [0.5, 0.6) is 11.5 Å². The molecule has 0 heterocycles. The molecule has 0 fully saturated rings. The van der Waals surface area contributed by atoms with Crippen LogP contribution in [0.25, 0.3) is 0 Å². The summed E-state index contributed by atoms with van der Waals surface area (Å²) in [5.74, 6) is 0.584. The van der Waals surface area contributed by atoms with Gasteiger partial charge in [0.25, 0.3) is 0 Å². The van der Waals surface area contributed by atoms with E-state index >= 15 is 0 Å². The second kappa shape index (κ2) is 4.51. The quantitative estimate of drug-likeness (QED) is 0.803. The SMILES string of the molecule is CC(CCBr)c1ccc(O)cc1O. The second-order valence-corrected chi connectivity index (χ2v) is 3.91. The van der Waals surface area contributed by atoms with Gasteiger partial charge in [-0.05, 0) is 24.0 Å². The lowest BCUT2D eigenvalue weighted by atomic mass is 9.98. The summed E-state index contributed by atoms with van der Waals surface area (Å²) >= 11 is 3.36. The number of halogens is 1. The summed E-state index contributed by atoms with van der Waals surface area (Å²) in [4.78, 5) is 0. The molecule has 0 aliphatic rings. The Labute approximate surface area is 86.3 Å². The van der Waals surface area contributed by atoms with Crippen LogP contribution in [0.1, 0.15) is 24.8 Å². The number of hydrogen-bond donors (Lipinski definition) is 2. The number of phenols is 2. The lowest BCUT2D eigenvalue weighted by Gasteiger charge is -2.11. The van der Waals surface area contributed by atoms with Crippen molar-refractivity contribution >= 4 is 15.9 Å². The highest BCUT2D eigenvalue weighted by Gasteiger charge is 2.09. The van der Waals surface area contributed by atoms with Gasteiger partial charge in [-0.25, -0.2) is 0 Å². The second-order valence-electron chi connectivity index (χ2n) is 3.12. The number of rotatable bonds is 3. The molecule has 0 bridgehead atoms. The van der Waals surface area contributed by atoms with Crippen molar-refractivity contribution in [3.05, 3.63) is 23.8 Å². The Balaban J connectivity index is 2.88. The van der Waals surface area contributed by atoms with Crippen LogP contribution < -0.4 is 0 Å². The summed E-state index contributed by atoms with van der Waals surface area (Å²) in [6, 6.07) is 4.73. The molecule has 1 aromatic rings. The molecule has 1 rings (SSSR count). The van der Waals surface area contributed by atoms with Gasteiger partial charge in [0.2, 0.25) is 0 Å². The molecule has 2 N–H and O–H groups in total. The number of hydrogen-bond acceptors (Lipinski definition) is 2. The summed E-state index contributed by atoms with van der Waals surface area (Å²) in [5, 5.41) is 19.5. The maximum atomic E-state index is 9.51. The molecule has 0 aromatic heterocycles. The number of phenolic OH excluding ortho intramolecular Hbond substituents is 2. The molecule has 0 amide bonds. The van der Waals surface area contributed by atoms with Gasteiger partial charge in [0, 0.05) is 11.4 Å². The van der Waals surface area contributed by atoms with Crippen molar-refractivity contribution in [2.24, 2.45) is 0 Å². The zero-order chi connectivity index (χ0) is 9.84. The highest BCUT2D eigenvalue weighted by atomic mass is 79.9. The maximum Gasteiger partial charge on any atom is 0.122 e. The summed E-state index contributed by atoms with van der Waals surface area (Å²) in [6.45, 7) is 2.05. The predicted molar refractivity (Wildman–Crippen MR) is 56.6 cm³/mol. The largest absolute Gasteiger partial charge is 0.508 e. The summed E-state index contributed by atoms with van der Waals surface area (Å²) in [6.07, 6.45) is 0.971. The molecule has 0 aliphatic heterocycles. The van der Waals surface area contributed by atoms with E-state index in [1.165, 1.54) is 6.07 Å². The highest BCUT2D eigenvalue weighted by molar-refractivity contribution is 9.09. The van der Waals surface area contributed by atoms with Gasteiger partial charge in [-0.3, -0.25) is 0 Å². The van der Waals surface area contributed by atoms with Crippen LogP contribution in [0.15, 0.2) is 18.2 Å². The van der Waals surface area contributed by atoms with Crippen LogP contribution in [0.4, 0.5) is 0 Å². The molecule has 1 unspecified atom stereocenters. The molecule has 13 heavy (non-hydrogen) atoms. The Morgan fingerprint density at radius 1 is 1.38 bits per heavy atom. The minimum atomic E-state index is 0.104. The lowest BCUT2D eigenvalue weighted by Crippen LogP contribution is -1.94. The Hall–Kier alpha value is -0.700. The van der Waals surface area contributed by atoms with E-state index in [1.54, 1.807) is 12.1 Å². The lowest BCUT2D eigenvalue weighted by molar-refractivity contribution is 0.442. The summed E-state index contributed by atoms with van der Waals surface area (Å²) < 4.78 is 0. The Morgan fingerprint density at radius 2 is 2.08 bits per heavy atom. The minimum Gasteiger partial charge on any atom is -0.508 e. The normalized spacial score (nSPS) is 12.8. The van der Waals surface area contributed by atoms with E-state index in [9.17, 15) is 5.11 Å². The van der Waals surface area contributed by atoms with Gasteiger partial charge >= 0.3 is 0 Å². The van der Waals surface area contributed by atoms with Crippen molar-refractivity contribution in [3.63, 3.8) is 0 Å². The van der Waals surface area contributed by atoms with Gasteiger partial charge < -0.3 is 10.2 Å². The topological polar surface area (TPSA) is 40.5 Å². The molecule has 0 radical (unpaired) electrons. The average Bonchev–Trinajstić information content (AvgIpc) is 2.04. The molecule has 0 saturated carbocycles. The van der Waals surface area contributed by atoms with Crippen molar-refractivity contribution in [2.45, 2.75) is 19.3 Å². The van der Waals surface area contributed by atoms with Crippen LogP contribution in [0.2, 0.25) is 0 Å². The van der Waals surface area contributed by atoms with Crippen LogP contribution in [0.3, 0.4) is 0 Å². The van der Waals surface area contributed by atoms with Gasteiger partial charge in [0.15, 0.2) is 0 Å². The number of benzene rings is 1. The molecule has 0 aliphatic carbocycles. The third kappa shape index (κ3) is 2.62. The highest BCUT2D eigenvalue weighted by Crippen LogP contribution is 2.30.